The highest BCUT2D eigenvalue weighted by Crippen LogP contribution is 2.06. The van der Waals surface area contributed by atoms with Crippen LogP contribution in [0.15, 0.2) is 23.1 Å². The Morgan fingerprint density at radius 2 is 2.25 bits per heavy atom. The monoisotopic (exact) mass is 218 g/mol. The summed E-state index contributed by atoms with van der Waals surface area (Å²) >= 11 is 0. The van der Waals surface area contributed by atoms with E-state index in [1.165, 1.54) is 6.20 Å². The molecule has 0 aliphatic rings. The molecule has 16 heavy (non-hydrogen) atoms. The third kappa shape index (κ3) is 1.55. The molecule has 2 heterocycles. The quantitative estimate of drug-likeness (QED) is 0.351. The molecule has 0 aliphatic heterocycles. The van der Waals surface area contributed by atoms with Gasteiger partial charge in [0.1, 0.15) is 11.2 Å². The Hall–Kier alpha value is -2.21. The van der Waals surface area contributed by atoms with Gasteiger partial charge in [-0.25, -0.2) is 10.8 Å². The van der Waals surface area contributed by atoms with E-state index in [4.69, 9.17) is 5.84 Å². The van der Waals surface area contributed by atoms with E-state index >= 15 is 0 Å². The van der Waals surface area contributed by atoms with Gasteiger partial charge >= 0.3 is 0 Å². The number of nitrogen functional groups attached to an aromatic ring is 1. The number of fused-ring (bicyclic) bond motifs is 1. The molecule has 2 aromatic rings. The standard InChI is InChI=1S/C10H10N4O2/c1-5-2-3-6-8(15)7(10(16)14-11)4-12-9(6)13-5/h2-4H,11H2,1H3,(H,14,16)(H,12,13,15). The molecule has 6 nitrogen and oxygen atoms in total. The summed E-state index contributed by atoms with van der Waals surface area (Å²) in [6.45, 7) is 1.82. The molecule has 82 valence electrons. The van der Waals surface area contributed by atoms with Crippen LogP contribution in [0.5, 0.6) is 0 Å². The predicted octanol–water partition coefficient (Wildman–Crippen LogP) is -0.165. The molecule has 0 saturated heterocycles. The Morgan fingerprint density at radius 3 is 2.94 bits per heavy atom. The summed E-state index contributed by atoms with van der Waals surface area (Å²) in [5.74, 6) is 4.35. The van der Waals surface area contributed by atoms with Crippen LogP contribution >= 0.6 is 0 Å². The summed E-state index contributed by atoms with van der Waals surface area (Å²) in [6, 6.07) is 3.34. The lowest BCUT2D eigenvalue weighted by atomic mass is 10.2. The lowest BCUT2D eigenvalue weighted by molar-refractivity contribution is 0.0952. The lowest BCUT2D eigenvalue weighted by Crippen LogP contribution is -2.33. The molecule has 0 fully saturated rings. The first-order chi connectivity index (χ1) is 7.63. The number of hydrogen-bond acceptors (Lipinski definition) is 4. The average molecular weight is 218 g/mol. The van der Waals surface area contributed by atoms with Crippen LogP contribution < -0.4 is 16.7 Å². The Kier molecular flexibility index (Phi) is 2.41. The zero-order valence-electron chi connectivity index (χ0n) is 8.57. The summed E-state index contributed by atoms with van der Waals surface area (Å²) in [5, 5.41) is 0.367. The van der Waals surface area contributed by atoms with Crippen LogP contribution in [0.25, 0.3) is 11.0 Å². The molecule has 0 radical (unpaired) electrons. The van der Waals surface area contributed by atoms with Gasteiger partial charge in [0, 0.05) is 11.9 Å². The molecule has 1 amide bonds. The molecule has 0 spiro atoms. The van der Waals surface area contributed by atoms with Crippen molar-refractivity contribution in [1.29, 1.82) is 0 Å². The fraction of sp³-hybridized carbons (Fsp3) is 0.100. The summed E-state index contributed by atoms with van der Waals surface area (Å²) < 4.78 is 0. The molecular formula is C10H10N4O2. The molecule has 0 aromatic carbocycles. The number of H-pyrrole nitrogens is 1. The molecule has 4 N–H and O–H groups in total. The zero-order valence-corrected chi connectivity index (χ0v) is 8.57. The van der Waals surface area contributed by atoms with Crippen LogP contribution in [0.2, 0.25) is 0 Å². The number of aryl methyl sites for hydroxylation is 1. The molecule has 2 rings (SSSR count). The number of aromatic nitrogens is 2. The van der Waals surface area contributed by atoms with Gasteiger partial charge in [0.05, 0.1) is 5.39 Å². The third-order valence-corrected chi connectivity index (χ3v) is 2.25. The van der Waals surface area contributed by atoms with Crippen molar-refractivity contribution in [3.05, 3.63) is 39.8 Å². The van der Waals surface area contributed by atoms with Gasteiger partial charge in [-0.2, -0.15) is 0 Å². The fourth-order valence-corrected chi connectivity index (χ4v) is 1.45. The number of carbonyl (C=O) groups is 1. The van der Waals surface area contributed by atoms with Crippen molar-refractivity contribution in [2.45, 2.75) is 6.92 Å². The summed E-state index contributed by atoms with van der Waals surface area (Å²) in [6.07, 6.45) is 1.30. The summed E-state index contributed by atoms with van der Waals surface area (Å²) in [7, 11) is 0. The molecule has 0 bridgehead atoms. The van der Waals surface area contributed by atoms with Gasteiger partial charge in [0.2, 0.25) is 5.43 Å². The van der Waals surface area contributed by atoms with Crippen LogP contribution in [0.4, 0.5) is 0 Å². The van der Waals surface area contributed by atoms with Crippen molar-refractivity contribution in [2.75, 3.05) is 0 Å². The highest BCUT2D eigenvalue weighted by molar-refractivity contribution is 5.96. The van der Waals surface area contributed by atoms with Gasteiger partial charge in [-0.05, 0) is 19.1 Å². The van der Waals surface area contributed by atoms with E-state index in [9.17, 15) is 9.59 Å². The molecule has 2 aromatic heterocycles. The van der Waals surface area contributed by atoms with E-state index in [0.717, 1.165) is 5.69 Å². The fourth-order valence-electron chi connectivity index (χ4n) is 1.45. The van der Waals surface area contributed by atoms with Crippen LogP contribution in [0, 0.1) is 6.92 Å². The number of rotatable bonds is 1. The molecule has 0 atom stereocenters. The molecule has 0 saturated carbocycles. The van der Waals surface area contributed by atoms with Crippen molar-refractivity contribution < 1.29 is 4.79 Å². The minimum absolute atomic E-state index is 0.0272. The number of amides is 1. The maximum atomic E-state index is 11.9. The van der Waals surface area contributed by atoms with Gasteiger partial charge in [0.25, 0.3) is 5.91 Å². The van der Waals surface area contributed by atoms with Gasteiger partial charge in [-0.3, -0.25) is 15.0 Å². The SMILES string of the molecule is Cc1ccc2c(=O)c(C(=O)NN)c[nH]c2n1. The Bertz CT molecular complexity index is 618. The number of aromatic amines is 1. The maximum absolute atomic E-state index is 11.9. The van der Waals surface area contributed by atoms with Crippen LogP contribution in [-0.4, -0.2) is 15.9 Å². The Morgan fingerprint density at radius 1 is 1.50 bits per heavy atom. The number of nitrogens with zero attached hydrogens (tertiary/aromatic N) is 1. The highest BCUT2D eigenvalue weighted by atomic mass is 16.2. The maximum Gasteiger partial charge on any atom is 0.270 e. The minimum atomic E-state index is -0.622. The van der Waals surface area contributed by atoms with E-state index in [1.807, 2.05) is 12.3 Å². The minimum Gasteiger partial charge on any atom is -0.345 e. The largest absolute Gasteiger partial charge is 0.345 e. The first-order valence-corrected chi connectivity index (χ1v) is 4.63. The molecule has 0 aliphatic carbocycles. The average Bonchev–Trinajstić information content (AvgIpc) is 2.28. The van der Waals surface area contributed by atoms with Crippen molar-refractivity contribution in [3.8, 4) is 0 Å². The molecular weight excluding hydrogens is 208 g/mol. The first-order valence-electron chi connectivity index (χ1n) is 4.63. The lowest BCUT2D eigenvalue weighted by Gasteiger charge is -2.02. The molecule has 0 unspecified atom stereocenters. The Labute approximate surface area is 90.5 Å². The second-order valence-corrected chi connectivity index (χ2v) is 3.35. The van der Waals surface area contributed by atoms with Crippen LogP contribution in [-0.2, 0) is 0 Å². The topological polar surface area (TPSA) is 101 Å². The first kappa shape index (κ1) is 10.3. The number of hydrogen-bond donors (Lipinski definition) is 3. The van der Waals surface area contributed by atoms with Crippen molar-refractivity contribution in [3.63, 3.8) is 0 Å². The number of nitrogens with two attached hydrogens (primary N) is 1. The number of hydrazine groups is 1. The highest BCUT2D eigenvalue weighted by Gasteiger charge is 2.11. The molecule has 6 heteroatoms. The van der Waals surface area contributed by atoms with Gasteiger partial charge in [-0.15, -0.1) is 0 Å². The van der Waals surface area contributed by atoms with E-state index in [-0.39, 0.29) is 11.0 Å². The number of nitrogens with one attached hydrogen (secondary N) is 2. The van der Waals surface area contributed by atoms with Crippen molar-refractivity contribution >= 4 is 16.9 Å². The summed E-state index contributed by atoms with van der Waals surface area (Å²) in [5.41, 5.74) is 2.75. The normalized spacial score (nSPS) is 10.4. The Balaban J connectivity index is 2.76. The van der Waals surface area contributed by atoms with Gasteiger partial charge in [0.15, 0.2) is 0 Å². The third-order valence-electron chi connectivity index (χ3n) is 2.25. The zero-order chi connectivity index (χ0) is 11.7. The smallest absolute Gasteiger partial charge is 0.270 e. The van der Waals surface area contributed by atoms with E-state index in [2.05, 4.69) is 9.97 Å². The van der Waals surface area contributed by atoms with Crippen molar-refractivity contribution in [1.82, 2.24) is 15.4 Å². The van der Waals surface area contributed by atoms with Crippen LogP contribution in [0.1, 0.15) is 16.1 Å². The number of carbonyl (C=O) groups excluding carboxylic acids is 1. The second kappa shape index (κ2) is 3.74. The van der Waals surface area contributed by atoms with Gasteiger partial charge < -0.3 is 4.98 Å². The van der Waals surface area contributed by atoms with E-state index in [0.29, 0.717) is 11.0 Å². The van der Waals surface area contributed by atoms with E-state index in [1.54, 1.807) is 12.1 Å². The number of pyridine rings is 2. The van der Waals surface area contributed by atoms with Gasteiger partial charge in [-0.1, -0.05) is 0 Å². The summed E-state index contributed by atoms with van der Waals surface area (Å²) in [4.78, 5) is 30.1. The van der Waals surface area contributed by atoms with Crippen molar-refractivity contribution in [2.24, 2.45) is 5.84 Å². The van der Waals surface area contributed by atoms with Crippen LogP contribution in [0.3, 0.4) is 0 Å². The predicted molar refractivity (Wildman–Crippen MR) is 58.8 cm³/mol. The second-order valence-electron chi connectivity index (χ2n) is 3.35. The van der Waals surface area contributed by atoms with E-state index < -0.39 is 5.91 Å².